The average Bonchev–Trinajstić information content (AvgIpc) is 3.52. The molecule has 1 aromatic carbocycles. The Balaban J connectivity index is 1.41. The standard InChI is InChI=1S/C27H34N2O6S/c1-4-34-22(30)15-27(3)13-7-12-21-23(27)16(2)25(35-21)36(32,33)29-26(31)28-24-19-10-5-8-17(19)14-18-9-6-11-20(18)24/h14H,4-13,15H2,1-3H3,(H2,28,29,31). The van der Waals surface area contributed by atoms with Gasteiger partial charge in [0.2, 0.25) is 5.09 Å². The molecule has 1 unspecified atom stereocenters. The van der Waals surface area contributed by atoms with Gasteiger partial charge in [0.05, 0.1) is 13.0 Å². The highest BCUT2D eigenvalue weighted by Gasteiger charge is 2.41. The molecule has 8 nitrogen and oxygen atoms in total. The van der Waals surface area contributed by atoms with Crippen LogP contribution in [-0.4, -0.2) is 27.0 Å². The van der Waals surface area contributed by atoms with E-state index < -0.39 is 21.5 Å². The normalized spacial score (nSPS) is 20.4. The topological polar surface area (TPSA) is 115 Å². The van der Waals surface area contributed by atoms with Crippen LogP contribution in [-0.2, 0) is 57.1 Å². The number of aryl methyl sites for hydroxylation is 3. The smallest absolute Gasteiger partial charge is 0.333 e. The lowest BCUT2D eigenvalue weighted by molar-refractivity contribution is -0.144. The van der Waals surface area contributed by atoms with E-state index in [4.69, 9.17) is 9.15 Å². The molecule has 0 radical (unpaired) electrons. The molecule has 0 saturated heterocycles. The van der Waals surface area contributed by atoms with Crippen LogP contribution in [0, 0.1) is 6.92 Å². The van der Waals surface area contributed by atoms with Gasteiger partial charge in [-0.05, 0) is 87.5 Å². The van der Waals surface area contributed by atoms with Crippen molar-refractivity contribution >= 4 is 27.7 Å². The SMILES string of the molecule is CCOC(=O)CC1(C)CCCc2oc(S(=O)(=O)NC(=O)Nc3c4c(cc5c3CCC5)CCC4)c(C)c21. The maximum absolute atomic E-state index is 13.3. The zero-order valence-corrected chi connectivity index (χ0v) is 22.0. The number of carbonyl (C=O) groups is 2. The van der Waals surface area contributed by atoms with E-state index in [1.807, 2.05) is 6.92 Å². The third-order valence-corrected chi connectivity index (χ3v) is 9.27. The predicted molar refractivity (Wildman–Crippen MR) is 135 cm³/mol. The number of fused-ring (bicyclic) bond motifs is 3. The van der Waals surface area contributed by atoms with Crippen LogP contribution in [0.5, 0.6) is 0 Å². The van der Waals surface area contributed by atoms with E-state index in [9.17, 15) is 18.0 Å². The Kier molecular flexibility index (Phi) is 6.39. The van der Waals surface area contributed by atoms with Crippen LogP contribution in [0.2, 0.25) is 0 Å². The lowest BCUT2D eigenvalue weighted by atomic mass is 9.70. The monoisotopic (exact) mass is 514 g/mol. The quantitative estimate of drug-likeness (QED) is 0.544. The molecule has 3 aliphatic rings. The minimum Gasteiger partial charge on any atom is -0.466 e. The molecule has 194 valence electrons. The Hall–Kier alpha value is -2.81. The average molecular weight is 515 g/mol. The van der Waals surface area contributed by atoms with Gasteiger partial charge in [-0.15, -0.1) is 0 Å². The van der Waals surface area contributed by atoms with Gasteiger partial charge >= 0.3 is 12.0 Å². The molecule has 36 heavy (non-hydrogen) atoms. The second-order valence-electron chi connectivity index (χ2n) is 10.5. The highest BCUT2D eigenvalue weighted by Crippen LogP contribution is 2.45. The van der Waals surface area contributed by atoms with Crippen LogP contribution in [0.1, 0.15) is 85.1 Å². The number of rotatable bonds is 6. The zero-order chi connectivity index (χ0) is 25.7. The minimum absolute atomic E-state index is 0.145. The summed E-state index contributed by atoms with van der Waals surface area (Å²) in [7, 11) is -4.27. The summed E-state index contributed by atoms with van der Waals surface area (Å²) >= 11 is 0. The summed E-state index contributed by atoms with van der Waals surface area (Å²) in [6, 6.07) is 1.47. The van der Waals surface area contributed by atoms with Crippen LogP contribution < -0.4 is 10.0 Å². The third kappa shape index (κ3) is 4.31. The van der Waals surface area contributed by atoms with Crippen molar-refractivity contribution < 1.29 is 27.2 Å². The number of benzene rings is 1. The Bertz CT molecular complexity index is 1310. The molecule has 9 heteroatoms. The number of anilines is 1. The van der Waals surface area contributed by atoms with Gasteiger partial charge in [0, 0.05) is 28.7 Å². The van der Waals surface area contributed by atoms with Gasteiger partial charge in [0.25, 0.3) is 10.0 Å². The molecule has 0 spiro atoms. The fourth-order valence-corrected chi connectivity index (χ4v) is 7.62. The van der Waals surface area contributed by atoms with Gasteiger partial charge in [-0.1, -0.05) is 13.0 Å². The number of carbonyl (C=O) groups excluding carboxylic acids is 2. The van der Waals surface area contributed by atoms with Crippen LogP contribution >= 0.6 is 0 Å². The lowest BCUT2D eigenvalue weighted by Crippen LogP contribution is -2.35. The van der Waals surface area contributed by atoms with Crippen molar-refractivity contribution in [2.24, 2.45) is 0 Å². The number of urea groups is 1. The molecule has 0 saturated carbocycles. The molecule has 3 aliphatic carbocycles. The van der Waals surface area contributed by atoms with Crippen molar-refractivity contribution in [2.45, 2.75) is 95.5 Å². The number of esters is 1. The molecule has 0 fully saturated rings. The summed E-state index contributed by atoms with van der Waals surface area (Å²) in [5.74, 6) is 0.239. The number of hydrogen-bond donors (Lipinski definition) is 2. The maximum atomic E-state index is 13.3. The Morgan fingerprint density at radius 1 is 1.06 bits per heavy atom. The molecule has 2 amide bonds. The van der Waals surface area contributed by atoms with Crippen LogP contribution in [0.25, 0.3) is 0 Å². The van der Waals surface area contributed by atoms with E-state index in [0.717, 1.165) is 73.7 Å². The second kappa shape index (κ2) is 9.25. The van der Waals surface area contributed by atoms with Gasteiger partial charge in [0.1, 0.15) is 5.76 Å². The predicted octanol–water partition coefficient (Wildman–Crippen LogP) is 4.62. The van der Waals surface area contributed by atoms with Gasteiger partial charge in [-0.2, -0.15) is 8.42 Å². The fourth-order valence-electron chi connectivity index (χ4n) is 6.52. The molecule has 0 bridgehead atoms. The number of nitrogens with one attached hydrogen (secondary N) is 2. The molecule has 1 aromatic heterocycles. The van der Waals surface area contributed by atoms with Gasteiger partial charge in [-0.3, -0.25) is 4.79 Å². The molecule has 1 heterocycles. The molecule has 1 atom stereocenters. The van der Waals surface area contributed by atoms with Gasteiger partial charge in [0.15, 0.2) is 0 Å². The fraction of sp³-hybridized carbons (Fsp3) is 0.556. The lowest BCUT2D eigenvalue weighted by Gasteiger charge is -2.33. The summed E-state index contributed by atoms with van der Waals surface area (Å²) in [4.78, 5) is 25.3. The first kappa shape index (κ1) is 24.9. The van der Waals surface area contributed by atoms with E-state index in [1.54, 1.807) is 13.8 Å². The van der Waals surface area contributed by atoms with Crippen molar-refractivity contribution in [3.8, 4) is 0 Å². The van der Waals surface area contributed by atoms with E-state index in [-0.39, 0.29) is 17.5 Å². The first-order valence-electron chi connectivity index (χ1n) is 12.9. The summed E-state index contributed by atoms with van der Waals surface area (Å²) < 4.78 is 39.8. The van der Waals surface area contributed by atoms with E-state index in [0.29, 0.717) is 24.4 Å². The Labute approximate surface area is 212 Å². The van der Waals surface area contributed by atoms with Crippen molar-refractivity contribution in [3.63, 3.8) is 0 Å². The first-order chi connectivity index (χ1) is 17.1. The van der Waals surface area contributed by atoms with Gasteiger partial charge < -0.3 is 14.5 Å². The highest BCUT2D eigenvalue weighted by atomic mass is 32.2. The van der Waals surface area contributed by atoms with E-state index >= 15 is 0 Å². The molecular formula is C27H34N2O6S. The molecule has 5 rings (SSSR count). The summed E-state index contributed by atoms with van der Waals surface area (Å²) in [6.07, 6.45) is 8.03. The highest BCUT2D eigenvalue weighted by molar-refractivity contribution is 7.90. The van der Waals surface area contributed by atoms with Crippen molar-refractivity contribution in [1.82, 2.24) is 4.72 Å². The van der Waals surface area contributed by atoms with E-state index in [2.05, 4.69) is 16.1 Å². The zero-order valence-electron chi connectivity index (χ0n) is 21.2. The van der Waals surface area contributed by atoms with E-state index in [1.165, 1.54) is 11.1 Å². The number of ether oxygens (including phenoxy) is 1. The van der Waals surface area contributed by atoms with Crippen LogP contribution in [0.4, 0.5) is 10.5 Å². The first-order valence-corrected chi connectivity index (χ1v) is 14.4. The maximum Gasteiger partial charge on any atom is 0.333 e. The second-order valence-corrected chi connectivity index (χ2v) is 12.1. The minimum atomic E-state index is -4.27. The summed E-state index contributed by atoms with van der Waals surface area (Å²) in [5.41, 5.74) is 6.13. The van der Waals surface area contributed by atoms with Crippen molar-refractivity contribution in [1.29, 1.82) is 0 Å². The number of sulfonamides is 1. The van der Waals surface area contributed by atoms with Crippen LogP contribution in [0.15, 0.2) is 15.6 Å². The van der Waals surface area contributed by atoms with Crippen molar-refractivity contribution in [3.05, 3.63) is 45.2 Å². The molecule has 2 N–H and O–H groups in total. The summed E-state index contributed by atoms with van der Waals surface area (Å²) in [5, 5.41) is 2.61. The Morgan fingerprint density at radius 3 is 2.36 bits per heavy atom. The van der Waals surface area contributed by atoms with Gasteiger partial charge in [-0.25, -0.2) is 9.52 Å². The Morgan fingerprint density at radius 2 is 1.72 bits per heavy atom. The summed E-state index contributed by atoms with van der Waals surface area (Å²) in [6.45, 7) is 5.67. The van der Waals surface area contributed by atoms with Crippen molar-refractivity contribution in [2.75, 3.05) is 11.9 Å². The van der Waals surface area contributed by atoms with Crippen LogP contribution in [0.3, 0.4) is 0 Å². The molecular weight excluding hydrogens is 480 g/mol. The largest absolute Gasteiger partial charge is 0.466 e. The number of furan rings is 1. The third-order valence-electron chi connectivity index (χ3n) is 7.93. The molecule has 0 aliphatic heterocycles. The molecule has 2 aromatic rings. The number of hydrogen-bond acceptors (Lipinski definition) is 6. The number of amides is 2.